The maximum Gasteiger partial charge on any atom is 0.0846 e. The minimum Gasteiger partial charge on any atom is -0.316 e. The molecular weight excluding hydrogens is 314 g/mol. The standard InChI is InChI=1S/C9H11Br2NS/c1-6(5-12-2)3-7-4-8(10)9(11)13-7/h3-4,12H,5H2,1-2H3. The topological polar surface area (TPSA) is 12.0 Å². The van der Waals surface area contributed by atoms with Gasteiger partial charge in [0, 0.05) is 15.9 Å². The van der Waals surface area contributed by atoms with E-state index in [1.54, 1.807) is 11.3 Å². The quantitative estimate of drug-likeness (QED) is 0.889. The Kier molecular flexibility index (Phi) is 4.66. The van der Waals surface area contributed by atoms with Gasteiger partial charge in [0.2, 0.25) is 0 Å². The third-order valence-electron chi connectivity index (χ3n) is 1.51. The average Bonchev–Trinajstić information content (AvgIpc) is 2.31. The van der Waals surface area contributed by atoms with Crippen molar-refractivity contribution in [3.8, 4) is 0 Å². The molecule has 1 heterocycles. The number of hydrogen-bond acceptors (Lipinski definition) is 2. The second-order valence-corrected chi connectivity index (χ2v) is 6.05. The van der Waals surface area contributed by atoms with E-state index in [2.05, 4.69) is 56.2 Å². The molecule has 13 heavy (non-hydrogen) atoms. The van der Waals surface area contributed by atoms with Gasteiger partial charge < -0.3 is 5.32 Å². The van der Waals surface area contributed by atoms with Crippen LogP contribution in [0, 0.1) is 0 Å². The average molecular weight is 325 g/mol. The molecule has 0 amide bonds. The second-order valence-electron chi connectivity index (χ2n) is 2.79. The van der Waals surface area contributed by atoms with Crippen LogP contribution in [0.4, 0.5) is 0 Å². The Balaban J connectivity index is 2.78. The molecule has 1 aromatic rings. The largest absolute Gasteiger partial charge is 0.316 e. The summed E-state index contributed by atoms with van der Waals surface area (Å²) < 4.78 is 2.28. The van der Waals surface area contributed by atoms with E-state index in [9.17, 15) is 0 Å². The fraction of sp³-hybridized carbons (Fsp3) is 0.333. The van der Waals surface area contributed by atoms with E-state index in [0.717, 1.165) is 14.8 Å². The van der Waals surface area contributed by atoms with Crippen molar-refractivity contribution in [1.82, 2.24) is 5.32 Å². The van der Waals surface area contributed by atoms with E-state index >= 15 is 0 Å². The first kappa shape index (κ1) is 11.4. The second kappa shape index (κ2) is 5.29. The predicted molar refractivity (Wildman–Crippen MR) is 67.3 cm³/mol. The van der Waals surface area contributed by atoms with Gasteiger partial charge in [-0.3, -0.25) is 0 Å². The van der Waals surface area contributed by atoms with Crippen LogP contribution in [0.2, 0.25) is 0 Å². The molecule has 1 rings (SSSR count). The summed E-state index contributed by atoms with van der Waals surface area (Å²) in [4.78, 5) is 1.27. The Morgan fingerprint density at radius 2 is 2.31 bits per heavy atom. The normalized spacial score (nSPS) is 12.2. The Labute approximate surface area is 99.5 Å². The van der Waals surface area contributed by atoms with Gasteiger partial charge in [0.25, 0.3) is 0 Å². The smallest absolute Gasteiger partial charge is 0.0846 e. The van der Waals surface area contributed by atoms with Crippen LogP contribution >= 0.6 is 43.2 Å². The maximum absolute atomic E-state index is 3.47. The van der Waals surface area contributed by atoms with E-state index in [0.29, 0.717) is 0 Å². The molecule has 0 radical (unpaired) electrons. The maximum atomic E-state index is 3.47. The van der Waals surface area contributed by atoms with E-state index in [-0.39, 0.29) is 0 Å². The summed E-state index contributed by atoms with van der Waals surface area (Å²) >= 11 is 8.67. The summed E-state index contributed by atoms with van der Waals surface area (Å²) in [5.41, 5.74) is 1.34. The van der Waals surface area contributed by atoms with Gasteiger partial charge in [-0.15, -0.1) is 11.3 Å². The van der Waals surface area contributed by atoms with Crippen molar-refractivity contribution in [2.75, 3.05) is 13.6 Å². The van der Waals surface area contributed by atoms with Crippen LogP contribution in [0.25, 0.3) is 6.08 Å². The molecule has 0 saturated heterocycles. The number of rotatable bonds is 3. The molecular formula is C9H11Br2NS. The fourth-order valence-electron chi connectivity index (χ4n) is 1.01. The van der Waals surface area contributed by atoms with E-state index in [1.807, 2.05) is 7.05 Å². The molecule has 0 spiro atoms. The zero-order chi connectivity index (χ0) is 9.84. The lowest BCUT2D eigenvalue weighted by atomic mass is 10.2. The fourth-order valence-corrected chi connectivity index (χ4v) is 3.12. The first-order chi connectivity index (χ1) is 6.13. The zero-order valence-corrected chi connectivity index (χ0v) is 11.5. The Morgan fingerprint density at radius 3 is 2.77 bits per heavy atom. The van der Waals surface area contributed by atoms with Gasteiger partial charge in [-0.25, -0.2) is 0 Å². The van der Waals surface area contributed by atoms with Crippen LogP contribution < -0.4 is 5.32 Å². The van der Waals surface area contributed by atoms with Gasteiger partial charge in [0.05, 0.1) is 3.79 Å². The van der Waals surface area contributed by atoms with Gasteiger partial charge in [-0.2, -0.15) is 0 Å². The van der Waals surface area contributed by atoms with Crippen molar-refractivity contribution in [2.24, 2.45) is 0 Å². The third-order valence-corrected chi connectivity index (χ3v) is 4.71. The number of nitrogens with one attached hydrogen (secondary N) is 1. The van der Waals surface area contributed by atoms with E-state index in [1.165, 1.54) is 10.5 Å². The predicted octanol–water partition coefficient (Wildman–Crippen LogP) is 3.90. The van der Waals surface area contributed by atoms with Gasteiger partial charge in [0.1, 0.15) is 0 Å². The molecule has 4 heteroatoms. The number of thiophene rings is 1. The Bertz CT molecular complexity index is 298. The molecule has 0 unspecified atom stereocenters. The van der Waals surface area contributed by atoms with Crippen LogP contribution in [0.1, 0.15) is 11.8 Å². The molecule has 0 aliphatic rings. The lowest BCUT2D eigenvalue weighted by molar-refractivity contribution is 0.885. The summed E-state index contributed by atoms with van der Waals surface area (Å²) in [6.07, 6.45) is 2.19. The highest BCUT2D eigenvalue weighted by Gasteiger charge is 2.01. The molecule has 0 aliphatic carbocycles. The number of halogens is 2. The lowest BCUT2D eigenvalue weighted by Crippen LogP contribution is -2.08. The Hall–Kier alpha value is 0.360. The minimum atomic E-state index is 0.938. The minimum absolute atomic E-state index is 0.938. The van der Waals surface area contributed by atoms with Crippen molar-refractivity contribution in [1.29, 1.82) is 0 Å². The molecule has 0 aliphatic heterocycles. The van der Waals surface area contributed by atoms with Crippen molar-refractivity contribution in [3.63, 3.8) is 0 Å². The van der Waals surface area contributed by atoms with Crippen molar-refractivity contribution in [3.05, 3.63) is 24.8 Å². The molecule has 0 atom stereocenters. The first-order valence-corrected chi connectivity index (χ1v) is 6.30. The molecule has 1 nitrogen and oxygen atoms in total. The van der Waals surface area contributed by atoms with Crippen LogP contribution in [-0.2, 0) is 0 Å². The number of likely N-dealkylation sites (N-methyl/N-ethyl adjacent to an activating group) is 1. The zero-order valence-electron chi connectivity index (χ0n) is 7.53. The highest BCUT2D eigenvalue weighted by molar-refractivity contribution is 9.13. The highest BCUT2D eigenvalue weighted by Crippen LogP contribution is 2.33. The third kappa shape index (κ3) is 3.54. The van der Waals surface area contributed by atoms with Crippen molar-refractivity contribution < 1.29 is 0 Å². The molecule has 1 aromatic heterocycles. The lowest BCUT2D eigenvalue weighted by Gasteiger charge is -1.96. The van der Waals surface area contributed by atoms with Crippen LogP contribution in [0.3, 0.4) is 0 Å². The monoisotopic (exact) mass is 323 g/mol. The summed E-state index contributed by atoms with van der Waals surface area (Å²) in [6, 6.07) is 2.12. The van der Waals surface area contributed by atoms with Gasteiger partial charge in [-0.1, -0.05) is 5.57 Å². The highest BCUT2D eigenvalue weighted by atomic mass is 79.9. The van der Waals surface area contributed by atoms with E-state index in [4.69, 9.17) is 0 Å². The SMILES string of the molecule is CNCC(C)=Cc1cc(Br)c(Br)s1. The first-order valence-electron chi connectivity index (χ1n) is 3.90. The van der Waals surface area contributed by atoms with Gasteiger partial charge in [-0.05, 0) is 58.0 Å². The molecule has 0 saturated carbocycles. The van der Waals surface area contributed by atoms with Crippen LogP contribution in [-0.4, -0.2) is 13.6 Å². The summed E-state index contributed by atoms with van der Waals surface area (Å²) in [6.45, 7) is 3.06. The molecule has 0 fully saturated rings. The molecule has 1 N–H and O–H groups in total. The van der Waals surface area contributed by atoms with Gasteiger partial charge >= 0.3 is 0 Å². The summed E-state index contributed by atoms with van der Waals surface area (Å²) in [5, 5.41) is 3.12. The van der Waals surface area contributed by atoms with Crippen molar-refractivity contribution in [2.45, 2.75) is 6.92 Å². The van der Waals surface area contributed by atoms with Crippen molar-refractivity contribution >= 4 is 49.3 Å². The number of hydrogen-bond donors (Lipinski definition) is 1. The Morgan fingerprint density at radius 1 is 1.62 bits per heavy atom. The summed E-state index contributed by atoms with van der Waals surface area (Å²) in [5.74, 6) is 0. The molecule has 0 bridgehead atoms. The summed E-state index contributed by atoms with van der Waals surface area (Å²) in [7, 11) is 1.96. The van der Waals surface area contributed by atoms with Crippen LogP contribution in [0.15, 0.2) is 19.9 Å². The van der Waals surface area contributed by atoms with E-state index < -0.39 is 0 Å². The van der Waals surface area contributed by atoms with Gasteiger partial charge in [0.15, 0.2) is 0 Å². The molecule has 72 valence electrons. The van der Waals surface area contributed by atoms with Crippen LogP contribution in [0.5, 0.6) is 0 Å². The molecule has 0 aromatic carbocycles.